The lowest BCUT2D eigenvalue weighted by Gasteiger charge is -2.53. The molecule has 2 heterocycles. The Morgan fingerprint density at radius 2 is 1.12 bits per heavy atom. The third-order valence-corrected chi connectivity index (χ3v) is 9.96. The molecule has 2 atom stereocenters. The highest BCUT2D eigenvalue weighted by Gasteiger charge is 2.53. The Kier molecular flexibility index (Phi) is 5.43. The molecule has 2 aliphatic heterocycles. The Bertz CT molecular complexity index is 1520. The van der Waals surface area contributed by atoms with Crippen molar-refractivity contribution in [2.45, 2.75) is 61.6 Å². The van der Waals surface area contributed by atoms with Crippen LogP contribution in [0.3, 0.4) is 0 Å². The topological polar surface area (TPSA) is 49.8 Å². The number of hydrogen-bond donors (Lipinski definition) is 1. The van der Waals surface area contributed by atoms with Crippen LogP contribution in [0.25, 0.3) is 22.3 Å². The number of nitrogens with zero attached hydrogens (tertiary/aromatic N) is 1. The number of amides is 1. The summed E-state index contributed by atoms with van der Waals surface area (Å²) in [4.78, 5) is 15.7. The van der Waals surface area contributed by atoms with Gasteiger partial charge in [-0.25, -0.2) is 4.79 Å². The fraction of sp³-hybridized carbons (Fsp3) is 0.306. The van der Waals surface area contributed by atoms with Crippen LogP contribution in [-0.2, 0) is 4.74 Å². The molecule has 0 radical (unpaired) electrons. The lowest BCUT2D eigenvalue weighted by Crippen LogP contribution is -2.61. The predicted octanol–water partition coefficient (Wildman–Crippen LogP) is 7.50. The molecule has 4 aliphatic rings. The Balaban J connectivity index is 1.05. The average Bonchev–Trinajstić information content (AvgIpc) is 3.49. The van der Waals surface area contributed by atoms with Crippen LogP contribution in [0.1, 0.15) is 66.2 Å². The summed E-state index contributed by atoms with van der Waals surface area (Å²) in [6.45, 7) is 0.330. The number of hydrogen-bond acceptors (Lipinski definition) is 3. The van der Waals surface area contributed by atoms with Crippen LogP contribution in [0.15, 0.2) is 97.1 Å². The summed E-state index contributed by atoms with van der Waals surface area (Å²) >= 11 is 0. The molecule has 4 nitrogen and oxygen atoms in total. The van der Waals surface area contributed by atoms with Crippen molar-refractivity contribution in [1.82, 2.24) is 4.90 Å². The second-order valence-electron chi connectivity index (χ2n) is 12.1. The molecule has 0 aromatic heterocycles. The molecule has 2 saturated heterocycles. The number of benzene rings is 4. The first-order valence-electron chi connectivity index (χ1n) is 14.7. The SMILES string of the molecule is O=C(OCC1c2ccccc2-c2ccccc21)N1C2CCCC1CC(O)(C1c3ccccc3-c3ccccc31)C2. The van der Waals surface area contributed by atoms with E-state index in [-0.39, 0.29) is 30.0 Å². The van der Waals surface area contributed by atoms with Crippen molar-refractivity contribution in [3.8, 4) is 22.3 Å². The van der Waals surface area contributed by atoms with Crippen molar-refractivity contribution in [3.63, 3.8) is 0 Å². The minimum atomic E-state index is -0.904. The molecule has 2 bridgehead atoms. The van der Waals surface area contributed by atoms with E-state index in [0.717, 1.165) is 19.3 Å². The van der Waals surface area contributed by atoms with Crippen molar-refractivity contribution in [2.75, 3.05) is 6.61 Å². The van der Waals surface area contributed by atoms with Gasteiger partial charge in [-0.05, 0) is 76.6 Å². The number of aliphatic hydroxyl groups is 1. The quantitative estimate of drug-likeness (QED) is 0.300. The van der Waals surface area contributed by atoms with Crippen molar-refractivity contribution in [1.29, 1.82) is 0 Å². The highest BCUT2D eigenvalue weighted by Crippen LogP contribution is 2.55. The summed E-state index contributed by atoms with van der Waals surface area (Å²) in [6, 6.07) is 33.9. The third-order valence-electron chi connectivity index (χ3n) is 9.96. The zero-order valence-electron chi connectivity index (χ0n) is 22.5. The number of ether oxygens (including phenoxy) is 1. The molecule has 1 N–H and O–H groups in total. The zero-order chi connectivity index (χ0) is 26.8. The van der Waals surface area contributed by atoms with Gasteiger partial charge in [0.05, 0.1) is 5.60 Å². The van der Waals surface area contributed by atoms with Gasteiger partial charge in [-0.1, -0.05) is 97.1 Å². The van der Waals surface area contributed by atoms with Gasteiger partial charge in [0.1, 0.15) is 6.61 Å². The van der Waals surface area contributed by atoms with Crippen LogP contribution in [0, 0.1) is 0 Å². The smallest absolute Gasteiger partial charge is 0.410 e. The molecular formula is C36H33NO3. The molecule has 2 aliphatic carbocycles. The van der Waals surface area contributed by atoms with Gasteiger partial charge >= 0.3 is 6.09 Å². The van der Waals surface area contributed by atoms with Crippen LogP contribution >= 0.6 is 0 Å². The zero-order valence-corrected chi connectivity index (χ0v) is 22.5. The van der Waals surface area contributed by atoms with E-state index in [1.54, 1.807) is 0 Å². The molecule has 8 rings (SSSR count). The molecule has 0 spiro atoms. The van der Waals surface area contributed by atoms with Gasteiger partial charge in [-0.3, -0.25) is 0 Å². The number of carbonyl (C=O) groups excluding carboxylic acids is 1. The van der Waals surface area contributed by atoms with Crippen LogP contribution in [0.4, 0.5) is 4.79 Å². The summed E-state index contributed by atoms with van der Waals surface area (Å²) < 4.78 is 6.13. The molecule has 4 aromatic carbocycles. The Labute approximate surface area is 235 Å². The van der Waals surface area contributed by atoms with Crippen LogP contribution < -0.4 is 0 Å². The molecule has 40 heavy (non-hydrogen) atoms. The first-order chi connectivity index (χ1) is 19.6. The predicted molar refractivity (Wildman–Crippen MR) is 156 cm³/mol. The average molecular weight is 528 g/mol. The Hall–Kier alpha value is -3.89. The molecule has 4 aromatic rings. The first-order valence-corrected chi connectivity index (χ1v) is 14.7. The van der Waals surface area contributed by atoms with E-state index < -0.39 is 5.60 Å². The minimum Gasteiger partial charge on any atom is -0.448 e. The summed E-state index contributed by atoms with van der Waals surface area (Å²) in [5, 5.41) is 12.4. The van der Waals surface area contributed by atoms with Gasteiger partial charge in [0.2, 0.25) is 0 Å². The van der Waals surface area contributed by atoms with E-state index in [1.165, 1.54) is 44.5 Å². The standard InChI is InChI=1S/C36H33NO3/c38-35(40-22-33-29-16-3-1-12-25(29)26-13-2-4-17-30(26)33)37-23-10-9-11-24(37)21-36(39,20-23)34-31-18-7-5-14-27(31)28-15-6-8-19-32(28)34/h1-8,12-19,23-24,33-34,39H,9-11,20-22H2. The van der Waals surface area contributed by atoms with Gasteiger partial charge in [0, 0.05) is 23.9 Å². The monoisotopic (exact) mass is 527 g/mol. The van der Waals surface area contributed by atoms with E-state index in [0.29, 0.717) is 19.4 Å². The maximum Gasteiger partial charge on any atom is 0.410 e. The summed E-state index contributed by atoms with van der Waals surface area (Å²) in [5.41, 5.74) is 8.87. The van der Waals surface area contributed by atoms with Gasteiger partial charge in [0.25, 0.3) is 0 Å². The molecule has 4 heteroatoms. The number of rotatable bonds is 3. The lowest BCUT2D eigenvalue weighted by molar-refractivity contribution is -0.0921. The summed E-state index contributed by atoms with van der Waals surface area (Å²) in [5.74, 6) is -0.0305. The highest BCUT2D eigenvalue weighted by molar-refractivity contribution is 5.80. The van der Waals surface area contributed by atoms with Crippen LogP contribution in [0.5, 0.6) is 0 Å². The van der Waals surface area contributed by atoms with Crippen LogP contribution in [0.2, 0.25) is 0 Å². The van der Waals surface area contributed by atoms with Crippen molar-refractivity contribution >= 4 is 6.09 Å². The molecule has 0 saturated carbocycles. The Morgan fingerprint density at radius 1 is 0.700 bits per heavy atom. The number of carbonyl (C=O) groups is 1. The van der Waals surface area contributed by atoms with Crippen LogP contribution in [-0.4, -0.2) is 40.4 Å². The normalized spacial score (nSPS) is 24.7. The third kappa shape index (κ3) is 3.52. The van der Waals surface area contributed by atoms with E-state index in [2.05, 4.69) is 97.1 Å². The van der Waals surface area contributed by atoms with Crippen molar-refractivity contribution in [2.24, 2.45) is 0 Å². The van der Waals surface area contributed by atoms with Crippen molar-refractivity contribution < 1.29 is 14.6 Å². The van der Waals surface area contributed by atoms with Gasteiger partial charge in [-0.2, -0.15) is 0 Å². The summed E-state index contributed by atoms with van der Waals surface area (Å²) in [6.07, 6.45) is 3.79. The minimum absolute atomic E-state index is 0.0203. The second-order valence-corrected chi connectivity index (χ2v) is 12.1. The van der Waals surface area contributed by atoms with E-state index in [1.807, 2.05) is 4.90 Å². The highest BCUT2D eigenvalue weighted by atomic mass is 16.6. The molecule has 2 unspecified atom stereocenters. The lowest BCUT2D eigenvalue weighted by atomic mass is 9.67. The van der Waals surface area contributed by atoms with Gasteiger partial charge in [-0.15, -0.1) is 0 Å². The van der Waals surface area contributed by atoms with Gasteiger partial charge in [0.15, 0.2) is 0 Å². The second kappa shape index (κ2) is 9.07. The maximum atomic E-state index is 13.7. The van der Waals surface area contributed by atoms with E-state index in [4.69, 9.17) is 4.74 Å². The molecule has 2 fully saturated rings. The number of piperidine rings is 2. The molecular weight excluding hydrogens is 494 g/mol. The van der Waals surface area contributed by atoms with E-state index >= 15 is 0 Å². The Morgan fingerprint density at radius 3 is 1.62 bits per heavy atom. The fourth-order valence-electron chi connectivity index (χ4n) is 8.40. The fourth-order valence-corrected chi connectivity index (χ4v) is 8.40. The largest absolute Gasteiger partial charge is 0.448 e. The first kappa shape index (κ1) is 24.0. The maximum absolute atomic E-state index is 13.7. The molecule has 1 amide bonds. The number of fused-ring (bicyclic) bond motifs is 8. The van der Waals surface area contributed by atoms with Crippen molar-refractivity contribution in [3.05, 3.63) is 119 Å². The molecule has 200 valence electrons. The van der Waals surface area contributed by atoms with Gasteiger partial charge < -0.3 is 14.7 Å². The van der Waals surface area contributed by atoms with E-state index in [9.17, 15) is 9.90 Å². The summed E-state index contributed by atoms with van der Waals surface area (Å²) in [7, 11) is 0.